The second-order valence-electron chi connectivity index (χ2n) is 6.40. The van der Waals surface area contributed by atoms with Gasteiger partial charge in [0.05, 0.1) is 0 Å². The Morgan fingerprint density at radius 3 is 2.08 bits per heavy atom. The first-order valence-corrected chi connectivity index (χ1v) is 9.59. The smallest absolute Gasteiger partial charge is 0.247 e. The number of aryl methyl sites for hydroxylation is 3. The topological polar surface area (TPSA) is 34.1 Å². The lowest BCUT2D eigenvalue weighted by atomic mass is 10.0. The quantitative estimate of drug-likeness (QED) is 0.555. The van der Waals surface area contributed by atoms with Crippen molar-refractivity contribution in [3.05, 3.63) is 88.7 Å². The summed E-state index contributed by atoms with van der Waals surface area (Å²) < 4.78 is 26.3. The molecule has 0 amide bonds. The van der Waals surface area contributed by atoms with E-state index in [2.05, 4.69) is 0 Å². The number of rotatable bonds is 4. The molecule has 0 spiro atoms. The Morgan fingerprint density at radius 1 is 0.885 bits per heavy atom. The summed E-state index contributed by atoms with van der Waals surface area (Å²) in [4.78, 5) is 13.0. The van der Waals surface area contributed by atoms with Crippen molar-refractivity contribution in [1.29, 1.82) is 0 Å². The molecule has 1 unspecified atom stereocenters. The fourth-order valence-corrected chi connectivity index (χ4v) is 4.67. The third-order valence-corrected chi connectivity index (χ3v) is 5.77. The summed E-state index contributed by atoms with van der Waals surface area (Å²) in [5.41, 5.74) is 4.29. The Balaban J connectivity index is 2.07. The van der Waals surface area contributed by atoms with Crippen LogP contribution in [0.3, 0.4) is 0 Å². The summed E-state index contributed by atoms with van der Waals surface area (Å²) in [5.74, 6) is -0.336. The number of benzene rings is 3. The average molecular weight is 365 g/mol. The SMILES string of the molecule is Cc1cc(C)c(C(=O)[P](=O)c2ccccc2-c2ccc(F)cc2)c(C)c1. The van der Waals surface area contributed by atoms with Crippen LogP contribution in [-0.4, -0.2) is 5.52 Å². The van der Waals surface area contributed by atoms with Crippen LogP contribution >= 0.6 is 7.80 Å². The van der Waals surface area contributed by atoms with E-state index < -0.39 is 7.80 Å². The minimum Gasteiger partial charge on any atom is -0.281 e. The molecule has 1 radical (unpaired) electrons. The predicted octanol–water partition coefficient (Wildman–Crippen LogP) is 5.71. The number of hydrogen-bond acceptors (Lipinski definition) is 2. The number of halogens is 1. The Bertz CT molecular complexity index is 984. The maximum absolute atomic E-state index is 13.2. The highest BCUT2D eigenvalue weighted by molar-refractivity contribution is 7.71. The monoisotopic (exact) mass is 365 g/mol. The molecule has 1 atom stereocenters. The van der Waals surface area contributed by atoms with Crippen molar-refractivity contribution in [1.82, 2.24) is 0 Å². The largest absolute Gasteiger partial charge is 0.281 e. The molecule has 3 aromatic rings. The van der Waals surface area contributed by atoms with Gasteiger partial charge in [-0.2, -0.15) is 0 Å². The maximum atomic E-state index is 13.2. The number of hydrogen-bond donors (Lipinski definition) is 0. The summed E-state index contributed by atoms with van der Waals surface area (Å²) >= 11 is 0. The molecule has 0 aliphatic rings. The van der Waals surface area contributed by atoms with Crippen molar-refractivity contribution >= 4 is 18.6 Å². The molecule has 3 rings (SSSR count). The summed E-state index contributed by atoms with van der Waals surface area (Å²) in [6.07, 6.45) is 0. The molecule has 131 valence electrons. The highest BCUT2D eigenvalue weighted by Gasteiger charge is 2.23. The van der Waals surface area contributed by atoms with Gasteiger partial charge in [-0.1, -0.05) is 48.0 Å². The van der Waals surface area contributed by atoms with Gasteiger partial charge < -0.3 is 0 Å². The molecule has 4 heteroatoms. The number of carbonyl (C=O) groups is 1. The fourth-order valence-electron chi connectivity index (χ4n) is 3.25. The van der Waals surface area contributed by atoms with Crippen LogP contribution < -0.4 is 5.30 Å². The predicted molar refractivity (Wildman–Crippen MR) is 104 cm³/mol. The van der Waals surface area contributed by atoms with Crippen molar-refractivity contribution in [2.24, 2.45) is 0 Å². The maximum Gasteiger partial charge on any atom is 0.247 e. The second-order valence-corrected chi connectivity index (χ2v) is 7.87. The van der Waals surface area contributed by atoms with Crippen LogP contribution in [0.25, 0.3) is 11.1 Å². The molecule has 0 fully saturated rings. The van der Waals surface area contributed by atoms with Crippen molar-refractivity contribution in [3.8, 4) is 11.1 Å². The molecule has 0 N–H and O–H groups in total. The Labute approximate surface area is 153 Å². The van der Waals surface area contributed by atoms with Crippen molar-refractivity contribution < 1.29 is 13.8 Å². The molecule has 2 nitrogen and oxygen atoms in total. The van der Waals surface area contributed by atoms with E-state index in [4.69, 9.17) is 0 Å². The molecule has 0 heterocycles. The van der Waals surface area contributed by atoms with Crippen LogP contribution in [0.1, 0.15) is 27.0 Å². The molecular formula is C22H19FO2P. The Morgan fingerprint density at radius 2 is 1.46 bits per heavy atom. The van der Waals surface area contributed by atoms with Gasteiger partial charge in [-0.05, 0) is 61.2 Å². The van der Waals surface area contributed by atoms with Gasteiger partial charge in [-0.3, -0.25) is 9.36 Å². The van der Waals surface area contributed by atoms with Gasteiger partial charge in [0.15, 0.2) is 7.80 Å². The highest BCUT2D eigenvalue weighted by atomic mass is 31.1. The standard InChI is InChI=1S/C22H19FO2P/c1-14-12-15(2)21(16(3)13-14)22(24)26(25)20-7-5-4-6-19(20)17-8-10-18(23)11-9-17/h4-13H,1-3H3. The summed E-state index contributed by atoms with van der Waals surface area (Å²) in [5, 5.41) is 0.471. The van der Waals surface area contributed by atoms with Gasteiger partial charge >= 0.3 is 0 Å². The zero-order valence-corrected chi connectivity index (χ0v) is 15.8. The van der Waals surface area contributed by atoms with Gasteiger partial charge in [0.2, 0.25) is 5.52 Å². The van der Waals surface area contributed by atoms with Crippen LogP contribution in [0.4, 0.5) is 4.39 Å². The van der Waals surface area contributed by atoms with Gasteiger partial charge in [-0.25, -0.2) is 4.39 Å². The van der Waals surface area contributed by atoms with Crippen LogP contribution in [-0.2, 0) is 4.57 Å². The van der Waals surface area contributed by atoms with Crippen molar-refractivity contribution in [2.75, 3.05) is 0 Å². The van der Waals surface area contributed by atoms with E-state index >= 15 is 0 Å². The van der Waals surface area contributed by atoms with Crippen molar-refractivity contribution in [2.45, 2.75) is 20.8 Å². The van der Waals surface area contributed by atoms with Gasteiger partial charge in [0.25, 0.3) is 0 Å². The molecule has 26 heavy (non-hydrogen) atoms. The molecule has 0 bridgehead atoms. The summed E-state index contributed by atoms with van der Waals surface area (Å²) in [7, 11) is -2.29. The zero-order chi connectivity index (χ0) is 18.8. The van der Waals surface area contributed by atoms with Gasteiger partial charge in [0, 0.05) is 10.9 Å². The van der Waals surface area contributed by atoms with Crippen LogP contribution in [0.2, 0.25) is 0 Å². The first-order chi connectivity index (χ1) is 12.4. The van der Waals surface area contributed by atoms with Crippen LogP contribution in [0.5, 0.6) is 0 Å². The van der Waals surface area contributed by atoms with E-state index in [-0.39, 0.29) is 11.3 Å². The molecule has 0 aromatic heterocycles. The first-order valence-electron chi connectivity index (χ1n) is 8.33. The third kappa shape index (κ3) is 3.49. The first kappa shape index (κ1) is 18.2. The van der Waals surface area contributed by atoms with E-state index in [0.717, 1.165) is 22.3 Å². The van der Waals surface area contributed by atoms with Gasteiger partial charge in [0.1, 0.15) is 5.82 Å². The number of carbonyl (C=O) groups excluding carboxylic acids is 1. The lowest BCUT2D eigenvalue weighted by Gasteiger charge is -2.12. The van der Waals surface area contributed by atoms with E-state index in [0.29, 0.717) is 16.4 Å². The summed E-state index contributed by atoms with van der Waals surface area (Å²) in [6.45, 7) is 5.70. The van der Waals surface area contributed by atoms with Gasteiger partial charge in [-0.15, -0.1) is 0 Å². The lowest BCUT2D eigenvalue weighted by Crippen LogP contribution is -2.10. The van der Waals surface area contributed by atoms with Crippen LogP contribution in [0, 0.1) is 26.6 Å². The van der Waals surface area contributed by atoms with Crippen LogP contribution in [0.15, 0.2) is 60.7 Å². The zero-order valence-electron chi connectivity index (χ0n) is 14.9. The van der Waals surface area contributed by atoms with E-state index in [1.165, 1.54) is 12.1 Å². The molecular weight excluding hydrogens is 346 g/mol. The molecule has 0 saturated heterocycles. The second kappa shape index (κ2) is 7.31. The molecule has 3 aromatic carbocycles. The third-order valence-electron chi connectivity index (χ3n) is 4.35. The fraction of sp³-hybridized carbons (Fsp3) is 0.136. The lowest BCUT2D eigenvalue weighted by molar-refractivity contribution is 0.107. The normalized spacial score (nSPS) is 11.3. The minimum atomic E-state index is -2.29. The van der Waals surface area contributed by atoms with E-state index in [9.17, 15) is 13.8 Å². The van der Waals surface area contributed by atoms with E-state index in [1.54, 1.807) is 30.3 Å². The Hall–Kier alpha value is -2.64. The minimum absolute atomic E-state index is 0.336. The average Bonchev–Trinajstić information content (AvgIpc) is 2.61. The molecule has 0 saturated carbocycles. The van der Waals surface area contributed by atoms with Crippen molar-refractivity contribution in [3.63, 3.8) is 0 Å². The Kier molecular flexibility index (Phi) is 5.11. The summed E-state index contributed by atoms with van der Waals surface area (Å²) in [6, 6.07) is 16.9. The highest BCUT2D eigenvalue weighted by Crippen LogP contribution is 2.34. The van der Waals surface area contributed by atoms with E-state index in [1.807, 2.05) is 39.0 Å². The molecule has 0 aliphatic heterocycles. The molecule has 0 aliphatic carbocycles.